The Labute approximate surface area is 248 Å². The first kappa shape index (κ1) is 30.2. The van der Waals surface area contributed by atoms with Gasteiger partial charge in [-0.15, -0.1) is 13.2 Å². The van der Waals surface area contributed by atoms with Gasteiger partial charge in [-0.25, -0.2) is 0 Å². The van der Waals surface area contributed by atoms with E-state index >= 15 is 0 Å². The van der Waals surface area contributed by atoms with E-state index in [9.17, 15) is 22.8 Å². The van der Waals surface area contributed by atoms with E-state index in [4.69, 9.17) is 28.9 Å². The van der Waals surface area contributed by atoms with Crippen molar-refractivity contribution in [2.75, 3.05) is 0 Å². The number of amides is 1. The SMILES string of the molecule is NC1CC2CCC(C1)C(CC(=O)[C@H](CCc1ccc(Cl)cc1Cl)NC(=O)C1(c3ccc(OC(F)(F)F)cc3)CC1)C2. The summed E-state index contributed by atoms with van der Waals surface area (Å²) in [5.41, 5.74) is 6.90. The van der Waals surface area contributed by atoms with Crippen LogP contribution in [0.1, 0.15) is 68.9 Å². The van der Waals surface area contributed by atoms with Crippen molar-refractivity contribution in [2.45, 2.75) is 88.1 Å². The molecule has 4 unspecified atom stereocenters. The third-order valence-corrected chi connectivity index (χ3v) is 9.78. The van der Waals surface area contributed by atoms with E-state index in [-0.39, 0.29) is 29.4 Å². The van der Waals surface area contributed by atoms with Crippen LogP contribution in [0.5, 0.6) is 5.75 Å². The van der Waals surface area contributed by atoms with Crippen molar-refractivity contribution in [3.63, 3.8) is 0 Å². The highest BCUT2D eigenvalue weighted by atomic mass is 35.5. The van der Waals surface area contributed by atoms with Gasteiger partial charge in [0.15, 0.2) is 5.78 Å². The fourth-order valence-corrected chi connectivity index (χ4v) is 7.40. The number of nitrogens with two attached hydrogens (primary N) is 1. The van der Waals surface area contributed by atoms with E-state index in [0.717, 1.165) is 37.7 Å². The summed E-state index contributed by atoms with van der Waals surface area (Å²) in [6.45, 7) is 0. The molecule has 10 heteroatoms. The van der Waals surface area contributed by atoms with Crippen LogP contribution in [-0.4, -0.2) is 30.1 Å². The zero-order valence-electron chi connectivity index (χ0n) is 22.7. The van der Waals surface area contributed by atoms with Crippen LogP contribution in [0.3, 0.4) is 0 Å². The minimum Gasteiger partial charge on any atom is -0.406 e. The van der Waals surface area contributed by atoms with Gasteiger partial charge in [-0.2, -0.15) is 0 Å². The number of hydrogen-bond donors (Lipinski definition) is 2. The molecule has 222 valence electrons. The minimum atomic E-state index is -4.79. The molecule has 5 nitrogen and oxygen atoms in total. The van der Waals surface area contributed by atoms with Crippen LogP contribution < -0.4 is 15.8 Å². The Morgan fingerprint density at radius 2 is 1.78 bits per heavy atom. The molecule has 2 bridgehead atoms. The molecule has 4 aliphatic carbocycles. The molecule has 3 N–H and O–H groups in total. The third-order valence-electron chi connectivity index (χ3n) is 9.19. The number of aryl methyl sites for hydroxylation is 1. The second-order valence-corrected chi connectivity index (χ2v) is 12.9. The lowest BCUT2D eigenvalue weighted by atomic mass is 9.73. The number of ether oxygens (including phenoxy) is 1. The van der Waals surface area contributed by atoms with E-state index in [1.54, 1.807) is 12.1 Å². The molecule has 0 saturated heterocycles. The summed E-state index contributed by atoms with van der Waals surface area (Å²) >= 11 is 12.4. The molecule has 5 atom stereocenters. The number of rotatable bonds is 10. The molecule has 2 aromatic rings. The van der Waals surface area contributed by atoms with E-state index in [2.05, 4.69) is 10.1 Å². The maximum atomic E-state index is 13.8. The Kier molecular flexibility index (Phi) is 8.93. The normalized spacial score (nSPS) is 25.7. The predicted molar refractivity (Wildman–Crippen MR) is 152 cm³/mol. The Morgan fingerprint density at radius 3 is 2.44 bits per heavy atom. The summed E-state index contributed by atoms with van der Waals surface area (Å²) in [7, 11) is 0. The average molecular weight is 612 g/mol. The smallest absolute Gasteiger partial charge is 0.406 e. The number of ketones is 1. The van der Waals surface area contributed by atoms with Crippen molar-refractivity contribution in [1.82, 2.24) is 5.32 Å². The van der Waals surface area contributed by atoms with Crippen LogP contribution in [0.2, 0.25) is 10.0 Å². The van der Waals surface area contributed by atoms with Crippen LogP contribution in [0.25, 0.3) is 0 Å². The molecule has 41 heavy (non-hydrogen) atoms. The van der Waals surface area contributed by atoms with E-state index in [0.29, 0.717) is 59.5 Å². The summed E-state index contributed by atoms with van der Waals surface area (Å²) in [5, 5.41) is 4.06. The van der Waals surface area contributed by atoms with Gasteiger partial charge in [0.1, 0.15) is 5.75 Å². The lowest BCUT2D eigenvalue weighted by Gasteiger charge is -2.33. The summed E-state index contributed by atoms with van der Waals surface area (Å²) in [6.07, 6.45) is 2.73. The van der Waals surface area contributed by atoms with Gasteiger partial charge in [-0.3, -0.25) is 9.59 Å². The summed E-state index contributed by atoms with van der Waals surface area (Å²) < 4.78 is 41.8. The minimum absolute atomic E-state index is 0.000664. The van der Waals surface area contributed by atoms with Crippen molar-refractivity contribution in [1.29, 1.82) is 0 Å². The number of hydrogen-bond acceptors (Lipinski definition) is 4. The molecule has 1 amide bonds. The van der Waals surface area contributed by atoms with Crippen molar-refractivity contribution in [2.24, 2.45) is 23.5 Å². The summed E-state index contributed by atoms with van der Waals surface area (Å²) in [5.74, 6) is 0.585. The van der Waals surface area contributed by atoms with Gasteiger partial charge < -0.3 is 15.8 Å². The van der Waals surface area contributed by atoms with Gasteiger partial charge in [0.05, 0.1) is 11.5 Å². The van der Waals surface area contributed by atoms with Crippen molar-refractivity contribution in [3.05, 3.63) is 63.6 Å². The number of halogens is 5. The number of Topliss-reactive ketones (excluding diaryl/α,β-unsaturated/α-hetero) is 1. The Morgan fingerprint density at radius 1 is 1.05 bits per heavy atom. The molecular formula is C31H35Cl2F3N2O3. The van der Waals surface area contributed by atoms with E-state index in [1.807, 2.05) is 6.07 Å². The first-order valence-corrected chi connectivity index (χ1v) is 15.1. The van der Waals surface area contributed by atoms with Crippen molar-refractivity contribution >= 4 is 34.9 Å². The average Bonchev–Trinajstić information content (AvgIpc) is 3.73. The fourth-order valence-electron chi connectivity index (χ4n) is 6.89. The van der Waals surface area contributed by atoms with Crippen LogP contribution in [-0.2, 0) is 21.4 Å². The molecule has 0 radical (unpaired) electrons. The quantitative estimate of drug-likeness (QED) is 0.299. The van der Waals surface area contributed by atoms with Gasteiger partial charge >= 0.3 is 6.36 Å². The van der Waals surface area contributed by atoms with E-state index < -0.39 is 17.8 Å². The predicted octanol–water partition coefficient (Wildman–Crippen LogP) is 7.15. The topological polar surface area (TPSA) is 81.4 Å². The largest absolute Gasteiger partial charge is 0.573 e. The van der Waals surface area contributed by atoms with Crippen LogP contribution in [0.15, 0.2) is 42.5 Å². The number of carbonyl (C=O) groups excluding carboxylic acids is 2. The summed E-state index contributed by atoms with van der Waals surface area (Å²) in [6, 6.07) is 10.1. The molecule has 4 aliphatic rings. The van der Waals surface area contributed by atoms with Crippen molar-refractivity contribution < 1.29 is 27.5 Å². The zero-order valence-corrected chi connectivity index (χ0v) is 24.2. The van der Waals surface area contributed by atoms with Crippen LogP contribution >= 0.6 is 23.2 Å². The van der Waals surface area contributed by atoms with Crippen LogP contribution in [0, 0.1) is 17.8 Å². The van der Waals surface area contributed by atoms with Gasteiger partial charge in [-0.05, 0) is 105 Å². The lowest BCUT2D eigenvalue weighted by molar-refractivity contribution is -0.274. The second-order valence-electron chi connectivity index (χ2n) is 12.1. The standard InChI is InChI=1S/C31H35Cl2F3N2O3/c32-23-7-3-19(26(33)17-23)4-10-27(28(39)16-21-13-18-1-2-20(21)15-24(37)14-18)38-29(40)30(11-12-30)22-5-8-25(9-6-22)41-31(34,35)36/h3,5-9,17-18,20-21,24,27H,1-2,4,10-16,37H2,(H,38,40)/t18?,20?,21?,24?,27-/m0/s1. The maximum Gasteiger partial charge on any atom is 0.573 e. The fraction of sp³-hybridized carbons (Fsp3) is 0.548. The Hall–Kier alpha value is -2.29. The first-order chi connectivity index (χ1) is 19.4. The van der Waals surface area contributed by atoms with Gasteiger partial charge in [0.25, 0.3) is 0 Å². The number of nitrogens with one attached hydrogen (secondary N) is 1. The molecule has 0 heterocycles. The maximum absolute atomic E-state index is 13.8. The van der Waals surface area contributed by atoms with Gasteiger partial charge in [0.2, 0.25) is 5.91 Å². The highest BCUT2D eigenvalue weighted by Crippen LogP contribution is 2.49. The van der Waals surface area contributed by atoms with Crippen LogP contribution in [0.4, 0.5) is 13.2 Å². The Balaban J connectivity index is 1.31. The lowest BCUT2D eigenvalue weighted by Crippen LogP contribution is -2.46. The number of benzene rings is 2. The molecule has 0 spiro atoms. The second kappa shape index (κ2) is 12.1. The molecule has 0 aliphatic heterocycles. The first-order valence-electron chi connectivity index (χ1n) is 14.3. The molecule has 6 rings (SSSR count). The molecule has 2 aromatic carbocycles. The van der Waals surface area contributed by atoms with Crippen molar-refractivity contribution in [3.8, 4) is 5.75 Å². The molecule has 4 saturated carbocycles. The molecule has 0 aromatic heterocycles. The summed E-state index contributed by atoms with van der Waals surface area (Å²) in [4.78, 5) is 27.5. The molecule has 4 fully saturated rings. The zero-order chi connectivity index (χ0) is 29.4. The third kappa shape index (κ3) is 7.38. The highest BCUT2D eigenvalue weighted by molar-refractivity contribution is 6.35. The van der Waals surface area contributed by atoms with E-state index in [1.165, 1.54) is 24.3 Å². The number of fused-ring (bicyclic) bond motifs is 4. The highest BCUT2D eigenvalue weighted by Gasteiger charge is 2.52. The number of carbonyl (C=O) groups is 2. The van der Waals surface area contributed by atoms with Gasteiger partial charge in [0, 0.05) is 22.5 Å². The van der Waals surface area contributed by atoms with Gasteiger partial charge in [-0.1, -0.05) is 47.8 Å². The number of alkyl halides is 3. The Bertz CT molecular complexity index is 1270. The molecular weight excluding hydrogens is 576 g/mol. The monoisotopic (exact) mass is 610 g/mol.